The average Bonchev–Trinajstić information content (AvgIpc) is 3.13. The molecule has 4 rings (SSSR count). The number of sulfonamides is 1. The maximum atomic E-state index is 12.3. The Morgan fingerprint density at radius 2 is 1.66 bits per heavy atom. The Balaban J connectivity index is 1.36. The predicted molar refractivity (Wildman–Crippen MR) is 135 cm³/mol. The SMILES string of the molecule is Cc1ccc(S(=O)(=O)NC(=O)NCCc2ccc(-n3nc(C)c(-c4ccccc4)c3C)cc2)nc1. The van der Waals surface area contributed by atoms with Gasteiger partial charge in [0.25, 0.3) is 10.0 Å². The predicted octanol–water partition coefficient (Wildman–Crippen LogP) is 4.09. The monoisotopic (exact) mass is 489 g/mol. The van der Waals surface area contributed by atoms with Crippen molar-refractivity contribution in [2.45, 2.75) is 32.2 Å². The van der Waals surface area contributed by atoms with Crippen molar-refractivity contribution in [2.24, 2.45) is 0 Å². The number of nitrogens with zero attached hydrogens (tertiary/aromatic N) is 3. The Bertz CT molecular complexity index is 1430. The van der Waals surface area contributed by atoms with E-state index in [1.807, 2.05) is 58.8 Å². The van der Waals surface area contributed by atoms with Gasteiger partial charge in [-0.05, 0) is 62.1 Å². The second-order valence-corrected chi connectivity index (χ2v) is 9.90. The van der Waals surface area contributed by atoms with E-state index in [4.69, 9.17) is 5.10 Å². The molecule has 0 atom stereocenters. The summed E-state index contributed by atoms with van der Waals surface area (Å²) in [6.07, 6.45) is 1.98. The minimum absolute atomic E-state index is 0.201. The average molecular weight is 490 g/mol. The number of aromatic nitrogens is 3. The van der Waals surface area contributed by atoms with Gasteiger partial charge in [-0.15, -0.1) is 0 Å². The number of amides is 2. The largest absolute Gasteiger partial charge is 0.337 e. The molecule has 8 nitrogen and oxygen atoms in total. The first-order chi connectivity index (χ1) is 16.7. The fraction of sp³-hybridized carbons (Fsp3) is 0.192. The number of carbonyl (C=O) groups excluding carboxylic acids is 1. The summed E-state index contributed by atoms with van der Waals surface area (Å²) in [7, 11) is -4.02. The fourth-order valence-corrected chi connectivity index (χ4v) is 4.72. The molecule has 35 heavy (non-hydrogen) atoms. The zero-order valence-corrected chi connectivity index (χ0v) is 20.6. The number of nitrogens with one attached hydrogen (secondary N) is 2. The molecular formula is C26H27N5O3S. The Morgan fingerprint density at radius 3 is 2.31 bits per heavy atom. The van der Waals surface area contributed by atoms with Crippen LogP contribution >= 0.6 is 0 Å². The van der Waals surface area contributed by atoms with Crippen molar-refractivity contribution in [3.63, 3.8) is 0 Å². The first-order valence-electron chi connectivity index (χ1n) is 11.2. The summed E-state index contributed by atoms with van der Waals surface area (Å²) in [6, 6.07) is 20.3. The molecule has 0 fully saturated rings. The zero-order valence-electron chi connectivity index (χ0n) is 19.8. The highest BCUT2D eigenvalue weighted by Gasteiger charge is 2.18. The van der Waals surface area contributed by atoms with Crippen molar-refractivity contribution in [2.75, 3.05) is 6.54 Å². The number of pyridine rings is 1. The summed E-state index contributed by atoms with van der Waals surface area (Å²) in [4.78, 5) is 15.9. The number of aryl methyl sites for hydroxylation is 2. The normalized spacial score (nSPS) is 11.3. The number of hydrogen-bond acceptors (Lipinski definition) is 5. The second-order valence-electron chi connectivity index (χ2n) is 8.28. The molecule has 0 aliphatic heterocycles. The molecule has 2 aromatic heterocycles. The highest BCUT2D eigenvalue weighted by atomic mass is 32.2. The standard InChI is InChI=1S/C26H27N5O3S/c1-18-9-14-24(28-17-18)35(33,34)30-26(32)27-16-15-21-10-12-23(13-11-21)31-20(3)25(19(2)29-31)22-7-5-4-6-8-22/h4-14,17H,15-16H2,1-3H3,(H2,27,30,32). The van der Waals surface area contributed by atoms with Crippen LogP contribution in [0.25, 0.3) is 16.8 Å². The lowest BCUT2D eigenvalue weighted by Gasteiger charge is -2.09. The Morgan fingerprint density at radius 1 is 0.943 bits per heavy atom. The van der Waals surface area contributed by atoms with Crippen LogP contribution in [0.4, 0.5) is 4.79 Å². The first-order valence-corrected chi connectivity index (χ1v) is 12.7. The maximum absolute atomic E-state index is 12.3. The van der Waals surface area contributed by atoms with Crippen LogP contribution < -0.4 is 10.0 Å². The highest BCUT2D eigenvalue weighted by molar-refractivity contribution is 7.90. The van der Waals surface area contributed by atoms with Gasteiger partial charge < -0.3 is 5.32 Å². The van der Waals surface area contributed by atoms with Gasteiger partial charge in [-0.2, -0.15) is 13.5 Å². The third kappa shape index (κ3) is 5.58. The van der Waals surface area contributed by atoms with E-state index in [2.05, 4.69) is 29.4 Å². The van der Waals surface area contributed by atoms with E-state index in [0.29, 0.717) is 6.42 Å². The molecule has 0 aliphatic carbocycles. The van der Waals surface area contributed by atoms with Crippen molar-refractivity contribution in [1.82, 2.24) is 24.8 Å². The molecule has 4 aromatic rings. The molecule has 9 heteroatoms. The summed E-state index contributed by atoms with van der Waals surface area (Å²) in [5, 5.41) is 7.10. The van der Waals surface area contributed by atoms with Gasteiger partial charge in [0.1, 0.15) is 0 Å². The first kappa shape index (κ1) is 24.2. The van der Waals surface area contributed by atoms with Gasteiger partial charge in [0, 0.05) is 24.0 Å². The summed E-state index contributed by atoms with van der Waals surface area (Å²) in [6.45, 7) is 6.14. The highest BCUT2D eigenvalue weighted by Crippen LogP contribution is 2.28. The topological polar surface area (TPSA) is 106 Å². The van der Waals surface area contributed by atoms with Crippen molar-refractivity contribution in [3.8, 4) is 16.8 Å². The Labute approximate surface area is 205 Å². The fourth-order valence-electron chi connectivity index (χ4n) is 3.86. The number of urea groups is 1. The molecule has 0 saturated heterocycles. The van der Waals surface area contributed by atoms with E-state index in [-0.39, 0.29) is 11.6 Å². The molecule has 2 heterocycles. The van der Waals surface area contributed by atoms with Crippen molar-refractivity contribution in [1.29, 1.82) is 0 Å². The van der Waals surface area contributed by atoms with Crippen molar-refractivity contribution >= 4 is 16.1 Å². The summed E-state index contributed by atoms with van der Waals surface area (Å²) in [5.74, 6) is 0. The quantitative estimate of drug-likeness (QED) is 0.407. The Hall–Kier alpha value is -3.98. The van der Waals surface area contributed by atoms with Gasteiger partial charge >= 0.3 is 6.03 Å². The van der Waals surface area contributed by atoms with E-state index in [1.165, 1.54) is 12.3 Å². The lowest BCUT2D eigenvalue weighted by Crippen LogP contribution is -2.40. The third-order valence-electron chi connectivity index (χ3n) is 5.62. The van der Waals surface area contributed by atoms with Crippen LogP contribution in [-0.2, 0) is 16.4 Å². The smallest absolute Gasteiger partial charge is 0.328 e. The molecule has 0 saturated carbocycles. The minimum Gasteiger partial charge on any atom is -0.337 e. The van der Waals surface area contributed by atoms with Crippen LogP contribution in [-0.4, -0.2) is 35.8 Å². The maximum Gasteiger partial charge on any atom is 0.328 e. The number of benzene rings is 2. The molecule has 2 N–H and O–H groups in total. The van der Waals surface area contributed by atoms with Gasteiger partial charge in [-0.25, -0.2) is 19.2 Å². The van der Waals surface area contributed by atoms with Crippen molar-refractivity contribution in [3.05, 3.63) is 95.4 Å². The van der Waals surface area contributed by atoms with Crippen LogP contribution in [0.3, 0.4) is 0 Å². The number of hydrogen-bond donors (Lipinski definition) is 2. The summed E-state index contributed by atoms with van der Waals surface area (Å²) < 4.78 is 28.4. The van der Waals surface area contributed by atoms with Crippen LogP contribution in [0.1, 0.15) is 22.5 Å². The van der Waals surface area contributed by atoms with E-state index in [9.17, 15) is 13.2 Å². The zero-order chi connectivity index (χ0) is 25.0. The lowest BCUT2D eigenvalue weighted by atomic mass is 10.0. The second kappa shape index (κ2) is 10.1. The lowest BCUT2D eigenvalue weighted by molar-refractivity contribution is 0.246. The summed E-state index contributed by atoms with van der Waals surface area (Å²) >= 11 is 0. The van der Waals surface area contributed by atoms with E-state index in [0.717, 1.165) is 39.3 Å². The molecule has 2 amide bonds. The molecular weight excluding hydrogens is 462 g/mol. The molecule has 0 radical (unpaired) electrons. The summed E-state index contributed by atoms with van der Waals surface area (Å²) in [5.41, 5.74) is 7.05. The number of rotatable bonds is 7. The minimum atomic E-state index is -4.02. The van der Waals surface area contributed by atoms with Crippen LogP contribution in [0, 0.1) is 20.8 Å². The van der Waals surface area contributed by atoms with Crippen LogP contribution in [0.2, 0.25) is 0 Å². The van der Waals surface area contributed by atoms with Gasteiger partial charge in [-0.1, -0.05) is 48.5 Å². The van der Waals surface area contributed by atoms with Gasteiger partial charge in [-0.3, -0.25) is 0 Å². The van der Waals surface area contributed by atoms with Gasteiger partial charge in [0.2, 0.25) is 0 Å². The molecule has 2 aromatic carbocycles. The van der Waals surface area contributed by atoms with E-state index < -0.39 is 16.1 Å². The van der Waals surface area contributed by atoms with Crippen LogP contribution in [0.15, 0.2) is 78.0 Å². The molecule has 0 spiro atoms. The van der Waals surface area contributed by atoms with Gasteiger partial charge in [0.05, 0.1) is 11.4 Å². The molecule has 0 bridgehead atoms. The molecule has 0 aliphatic rings. The third-order valence-corrected chi connectivity index (χ3v) is 6.87. The van der Waals surface area contributed by atoms with Crippen molar-refractivity contribution < 1.29 is 13.2 Å². The van der Waals surface area contributed by atoms with Gasteiger partial charge in [0.15, 0.2) is 5.03 Å². The number of carbonyl (C=O) groups is 1. The molecule has 0 unspecified atom stereocenters. The Kier molecular flexibility index (Phi) is 6.97. The van der Waals surface area contributed by atoms with E-state index >= 15 is 0 Å². The molecule has 180 valence electrons. The van der Waals surface area contributed by atoms with E-state index in [1.54, 1.807) is 13.0 Å². The van der Waals surface area contributed by atoms with Crippen LogP contribution in [0.5, 0.6) is 0 Å².